The fourth-order valence-electron chi connectivity index (χ4n) is 3.16. The standard InChI is InChI=1S/C15H22N2O4S/c1-16(14-4-3-5-15(10-14)17(18)19)13-8-6-12(7-9-13)11-22(2,20)21/h3-5,10,12-13H,6-9,11H2,1-2H3. The van der Waals surface area contributed by atoms with Gasteiger partial charge in [0.15, 0.2) is 0 Å². The molecule has 1 saturated carbocycles. The Morgan fingerprint density at radius 2 is 1.91 bits per heavy atom. The molecular formula is C15H22N2O4S. The van der Waals surface area contributed by atoms with E-state index in [-0.39, 0.29) is 22.3 Å². The lowest BCUT2D eigenvalue weighted by Gasteiger charge is -2.35. The molecule has 1 fully saturated rings. The first-order valence-corrected chi connectivity index (χ1v) is 9.47. The van der Waals surface area contributed by atoms with Crippen molar-refractivity contribution in [3.8, 4) is 0 Å². The third kappa shape index (κ3) is 4.43. The Bertz CT molecular complexity index is 637. The van der Waals surface area contributed by atoms with E-state index in [0.717, 1.165) is 31.4 Å². The quantitative estimate of drug-likeness (QED) is 0.614. The second-order valence-corrected chi connectivity index (χ2v) is 8.34. The third-order valence-corrected chi connectivity index (χ3v) is 5.43. The summed E-state index contributed by atoms with van der Waals surface area (Å²) in [6.07, 6.45) is 4.89. The second kappa shape index (κ2) is 6.64. The maximum atomic E-state index is 11.4. The molecule has 22 heavy (non-hydrogen) atoms. The largest absolute Gasteiger partial charge is 0.371 e. The molecule has 0 aliphatic heterocycles. The maximum Gasteiger partial charge on any atom is 0.271 e. The monoisotopic (exact) mass is 326 g/mol. The summed E-state index contributed by atoms with van der Waals surface area (Å²) in [5.41, 5.74) is 0.927. The average Bonchev–Trinajstić information content (AvgIpc) is 2.46. The molecule has 0 spiro atoms. The van der Waals surface area contributed by atoms with Crippen LogP contribution in [-0.4, -0.2) is 38.4 Å². The molecule has 122 valence electrons. The van der Waals surface area contributed by atoms with E-state index in [2.05, 4.69) is 4.90 Å². The summed E-state index contributed by atoms with van der Waals surface area (Å²) in [6, 6.07) is 6.94. The highest BCUT2D eigenvalue weighted by Gasteiger charge is 2.26. The average molecular weight is 326 g/mol. The fraction of sp³-hybridized carbons (Fsp3) is 0.600. The lowest BCUT2D eigenvalue weighted by Crippen LogP contribution is -2.36. The highest BCUT2D eigenvalue weighted by atomic mass is 32.2. The zero-order valence-electron chi connectivity index (χ0n) is 12.9. The van der Waals surface area contributed by atoms with Gasteiger partial charge in [0.1, 0.15) is 9.84 Å². The molecule has 1 aromatic carbocycles. The number of sulfone groups is 1. The Hall–Kier alpha value is -1.63. The Kier molecular flexibility index (Phi) is 5.05. The normalized spacial score (nSPS) is 22.3. The molecule has 0 saturated heterocycles. The number of nitrogens with zero attached hydrogens (tertiary/aromatic N) is 2. The van der Waals surface area contributed by atoms with Crippen LogP contribution >= 0.6 is 0 Å². The van der Waals surface area contributed by atoms with Crippen LogP contribution in [0.1, 0.15) is 25.7 Å². The van der Waals surface area contributed by atoms with Crippen LogP contribution in [0.5, 0.6) is 0 Å². The van der Waals surface area contributed by atoms with Crippen molar-refractivity contribution in [2.75, 3.05) is 24.0 Å². The van der Waals surface area contributed by atoms with Gasteiger partial charge in [0.25, 0.3) is 5.69 Å². The van der Waals surface area contributed by atoms with Crippen LogP contribution < -0.4 is 4.90 Å². The molecular weight excluding hydrogens is 304 g/mol. The van der Waals surface area contributed by atoms with E-state index < -0.39 is 9.84 Å². The van der Waals surface area contributed by atoms with E-state index in [1.807, 2.05) is 13.1 Å². The SMILES string of the molecule is CN(c1cccc([N+](=O)[O-])c1)C1CCC(CS(C)(=O)=O)CC1. The van der Waals surface area contributed by atoms with E-state index in [9.17, 15) is 18.5 Å². The lowest BCUT2D eigenvalue weighted by molar-refractivity contribution is -0.384. The molecule has 0 aromatic heterocycles. The molecule has 0 N–H and O–H groups in total. The molecule has 0 bridgehead atoms. The van der Waals surface area contributed by atoms with Crippen LogP contribution in [0.15, 0.2) is 24.3 Å². The summed E-state index contributed by atoms with van der Waals surface area (Å²) < 4.78 is 22.7. The van der Waals surface area contributed by atoms with Gasteiger partial charge in [-0.15, -0.1) is 0 Å². The summed E-state index contributed by atoms with van der Waals surface area (Å²) >= 11 is 0. The van der Waals surface area contributed by atoms with Crippen molar-refractivity contribution in [3.63, 3.8) is 0 Å². The van der Waals surface area contributed by atoms with Gasteiger partial charge in [-0.1, -0.05) is 6.07 Å². The Balaban J connectivity index is 1.99. The molecule has 0 atom stereocenters. The van der Waals surface area contributed by atoms with E-state index in [1.54, 1.807) is 12.1 Å². The maximum absolute atomic E-state index is 11.4. The summed E-state index contributed by atoms with van der Waals surface area (Å²) in [4.78, 5) is 12.5. The lowest BCUT2D eigenvalue weighted by atomic mass is 9.86. The van der Waals surface area contributed by atoms with Crippen molar-refractivity contribution in [2.45, 2.75) is 31.7 Å². The summed E-state index contributed by atoms with van der Waals surface area (Å²) in [5, 5.41) is 10.9. The number of non-ortho nitro benzene ring substituents is 1. The Morgan fingerprint density at radius 1 is 1.27 bits per heavy atom. The molecule has 1 aromatic rings. The van der Waals surface area contributed by atoms with Crippen LogP contribution in [-0.2, 0) is 9.84 Å². The molecule has 7 heteroatoms. The van der Waals surface area contributed by atoms with Crippen molar-refractivity contribution >= 4 is 21.2 Å². The van der Waals surface area contributed by atoms with Gasteiger partial charge >= 0.3 is 0 Å². The van der Waals surface area contributed by atoms with Crippen molar-refractivity contribution in [3.05, 3.63) is 34.4 Å². The van der Waals surface area contributed by atoms with Crippen LogP contribution in [0.2, 0.25) is 0 Å². The van der Waals surface area contributed by atoms with Crippen LogP contribution in [0.4, 0.5) is 11.4 Å². The first kappa shape index (κ1) is 16.7. The van der Waals surface area contributed by atoms with E-state index >= 15 is 0 Å². The molecule has 2 rings (SSSR count). The fourth-order valence-corrected chi connectivity index (χ4v) is 4.35. The Morgan fingerprint density at radius 3 is 2.45 bits per heavy atom. The molecule has 1 aliphatic rings. The smallest absolute Gasteiger partial charge is 0.271 e. The molecule has 6 nitrogen and oxygen atoms in total. The topological polar surface area (TPSA) is 80.5 Å². The number of anilines is 1. The first-order valence-electron chi connectivity index (χ1n) is 7.41. The number of rotatable bonds is 5. The zero-order valence-corrected chi connectivity index (χ0v) is 13.8. The highest BCUT2D eigenvalue weighted by Crippen LogP contribution is 2.31. The van der Waals surface area contributed by atoms with Crippen LogP contribution in [0.25, 0.3) is 0 Å². The number of nitro groups is 1. The minimum atomic E-state index is -2.92. The van der Waals surface area contributed by atoms with Gasteiger partial charge in [-0.3, -0.25) is 10.1 Å². The van der Waals surface area contributed by atoms with E-state index in [4.69, 9.17) is 0 Å². The molecule has 1 aliphatic carbocycles. The molecule has 0 heterocycles. The number of hydrogen-bond donors (Lipinski definition) is 0. The zero-order chi connectivity index (χ0) is 16.3. The second-order valence-electron chi connectivity index (χ2n) is 6.15. The summed E-state index contributed by atoms with van der Waals surface area (Å²) in [6.45, 7) is 0. The van der Waals surface area contributed by atoms with Gasteiger partial charge in [0.05, 0.1) is 10.7 Å². The minimum absolute atomic E-state index is 0.0927. The van der Waals surface area contributed by atoms with Gasteiger partial charge in [-0.25, -0.2) is 8.42 Å². The van der Waals surface area contributed by atoms with Gasteiger partial charge in [0, 0.05) is 37.2 Å². The first-order chi connectivity index (χ1) is 10.3. The number of hydrogen-bond acceptors (Lipinski definition) is 5. The van der Waals surface area contributed by atoms with Crippen molar-refractivity contribution < 1.29 is 13.3 Å². The van der Waals surface area contributed by atoms with Crippen LogP contribution in [0.3, 0.4) is 0 Å². The summed E-state index contributed by atoms with van der Waals surface area (Å²) in [5.74, 6) is 0.505. The van der Waals surface area contributed by atoms with Crippen molar-refractivity contribution in [1.29, 1.82) is 0 Å². The number of benzene rings is 1. The van der Waals surface area contributed by atoms with Gasteiger partial charge < -0.3 is 4.90 Å². The van der Waals surface area contributed by atoms with E-state index in [0.29, 0.717) is 6.04 Å². The van der Waals surface area contributed by atoms with Gasteiger partial charge in [-0.05, 0) is 37.7 Å². The molecule has 0 amide bonds. The number of nitro benzene ring substituents is 1. The van der Waals surface area contributed by atoms with Crippen molar-refractivity contribution in [1.82, 2.24) is 0 Å². The highest BCUT2D eigenvalue weighted by molar-refractivity contribution is 7.90. The van der Waals surface area contributed by atoms with Crippen molar-refractivity contribution in [2.24, 2.45) is 5.92 Å². The predicted octanol–water partition coefficient (Wildman–Crippen LogP) is 2.63. The Labute approximate surface area is 131 Å². The van der Waals surface area contributed by atoms with Gasteiger partial charge in [-0.2, -0.15) is 0 Å². The minimum Gasteiger partial charge on any atom is -0.371 e. The van der Waals surface area contributed by atoms with Crippen LogP contribution in [0, 0.1) is 16.0 Å². The summed E-state index contributed by atoms with van der Waals surface area (Å²) in [7, 11) is -0.972. The molecule has 0 unspecified atom stereocenters. The molecule has 0 radical (unpaired) electrons. The van der Waals surface area contributed by atoms with E-state index in [1.165, 1.54) is 12.3 Å². The predicted molar refractivity (Wildman–Crippen MR) is 87.0 cm³/mol. The van der Waals surface area contributed by atoms with Gasteiger partial charge in [0.2, 0.25) is 0 Å². The third-order valence-electron chi connectivity index (χ3n) is 4.35.